The van der Waals surface area contributed by atoms with Crippen LogP contribution in [0.15, 0.2) is 53.9 Å². The smallest absolute Gasteiger partial charge is 0.341 e. The number of anilines is 1. The first-order valence-corrected chi connectivity index (χ1v) is 10.3. The van der Waals surface area contributed by atoms with E-state index in [0.29, 0.717) is 39.1 Å². The first-order valence-electron chi connectivity index (χ1n) is 9.03. The molecule has 0 aliphatic rings. The van der Waals surface area contributed by atoms with Crippen LogP contribution in [0.2, 0.25) is 5.02 Å². The van der Waals surface area contributed by atoms with Gasteiger partial charge in [0.15, 0.2) is 0 Å². The first kappa shape index (κ1) is 20.9. The van der Waals surface area contributed by atoms with Crippen LogP contribution in [0.4, 0.5) is 5.00 Å². The number of thiophene rings is 1. The second-order valence-electron chi connectivity index (χ2n) is 6.18. The molecular weight excluding hydrogens is 410 g/mol. The Morgan fingerprint density at radius 3 is 2.38 bits per heavy atom. The molecule has 0 fully saturated rings. The molecule has 29 heavy (non-hydrogen) atoms. The molecule has 0 spiro atoms. The highest BCUT2D eigenvalue weighted by Gasteiger charge is 2.22. The van der Waals surface area contributed by atoms with Crippen molar-refractivity contribution in [2.45, 2.75) is 13.3 Å². The van der Waals surface area contributed by atoms with Crippen LogP contribution in [-0.2, 0) is 4.74 Å². The van der Waals surface area contributed by atoms with Gasteiger partial charge in [0, 0.05) is 21.5 Å². The average Bonchev–Trinajstić information content (AvgIpc) is 3.16. The number of rotatable bonds is 7. The van der Waals surface area contributed by atoms with Crippen molar-refractivity contribution in [3.63, 3.8) is 0 Å². The molecule has 0 aliphatic carbocycles. The van der Waals surface area contributed by atoms with Crippen molar-refractivity contribution in [3.8, 4) is 16.9 Å². The average molecular weight is 430 g/mol. The fraction of sp³-hybridized carbons (Fsp3) is 0.182. The van der Waals surface area contributed by atoms with Crippen LogP contribution in [0.3, 0.4) is 0 Å². The normalized spacial score (nSPS) is 10.4. The van der Waals surface area contributed by atoms with Gasteiger partial charge in [0.1, 0.15) is 16.3 Å². The summed E-state index contributed by atoms with van der Waals surface area (Å²) in [5, 5.41) is 5.66. The molecule has 0 bridgehead atoms. The summed E-state index contributed by atoms with van der Waals surface area (Å²) in [6.07, 6.45) is 0.910. The predicted octanol–water partition coefficient (Wildman–Crippen LogP) is 5.90. The van der Waals surface area contributed by atoms with E-state index in [2.05, 4.69) is 5.32 Å². The molecule has 0 atom stereocenters. The van der Waals surface area contributed by atoms with Crippen molar-refractivity contribution in [2.75, 3.05) is 19.0 Å². The van der Waals surface area contributed by atoms with E-state index in [-0.39, 0.29) is 5.91 Å². The van der Waals surface area contributed by atoms with Crippen molar-refractivity contribution in [2.24, 2.45) is 0 Å². The van der Waals surface area contributed by atoms with Crippen LogP contribution in [0.1, 0.15) is 34.1 Å². The SMILES string of the molecule is CCCOc1ccc(C(=O)Nc2scc(-c3ccc(Cl)cc3)c2C(=O)OC)cc1. The summed E-state index contributed by atoms with van der Waals surface area (Å²) in [6.45, 7) is 2.65. The third-order valence-corrected chi connectivity index (χ3v) is 5.30. The second-order valence-corrected chi connectivity index (χ2v) is 7.50. The molecule has 7 heteroatoms. The molecular formula is C22H20ClNO4S. The molecule has 2 aromatic carbocycles. The topological polar surface area (TPSA) is 64.6 Å². The monoisotopic (exact) mass is 429 g/mol. The molecule has 5 nitrogen and oxygen atoms in total. The minimum atomic E-state index is -0.519. The lowest BCUT2D eigenvalue weighted by molar-refractivity contribution is 0.0603. The third kappa shape index (κ3) is 4.96. The summed E-state index contributed by atoms with van der Waals surface area (Å²) in [5.74, 6) is -0.128. The van der Waals surface area contributed by atoms with Gasteiger partial charge in [0.05, 0.1) is 13.7 Å². The maximum absolute atomic E-state index is 12.7. The third-order valence-electron chi connectivity index (χ3n) is 4.15. The molecule has 3 aromatic rings. The minimum Gasteiger partial charge on any atom is -0.494 e. The first-order chi connectivity index (χ1) is 14.0. The molecule has 0 aliphatic heterocycles. The van der Waals surface area contributed by atoms with Crippen LogP contribution in [0, 0.1) is 0 Å². The molecule has 1 aromatic heterocycles. The van der Waals surface area contributed by atoms with Gasteiger partial charge in [0.2, 0.25) is 0 Å². The number of hydrogen-bond donors (Lipinski definition) is 1. The van der Waals surface area contributed by atoms with E-state index in [0.717, 1.165) is 12.0 Å². The van der Waals surface area contributed by atoms with E-state index in [4.69, 9.17) is 21.1 Å². The van der Waals surface area contributed by atoms with Crippen LogP contribution >= 0.6 is 22.9 Å². The van der Waals surface area contributed by atoms with Gasteiger partial charge in [-0.2, -0.15) is 0 Å². The summed E-state index contributed by atoms with van der Waals surface area (Å²) in [6, 6.07) is 14.0. The molecule has 3 rings (SSSR count). The van der Waals surface area contributed by atoms with E-state index in [9.17, 15) is 9.59 Å². The molecule has 0 saturated heterocycles. The molecule has 0 radical (unpaired) electrons. The molecule has 1 amide bonds. The molecule has 0 saturated carbocycles. The van der Waals surface area contributed by atoms with Gasteiger partial charge in [-0.05, 0) is 48.4 Å². The van der Waals surface area contributed by atoms with Crippen molar-refractivity contribution < 1.29 is 19.1 Å². The van der Waals surface area contributed by atoms with E-state index < -0.39 is 5.97 Å². The number of esters is 1. The van der Waals surface area contributed by atoms with Crippen molar-refractivity contribution in [1.29, 1.82) is 0 Å². The fourth-order valence-electron chi connectivity index (χ4n) is 2.69. The quantitative estimate of drug-likeness (QED) is 0.475. The van der Waals surface area contributed by atoms with E-state index >= 15 is 0 Å². The Bertz CT molecular complexity index is 997. The maximum atomic E-state index is 12.7. The van der Waals surface area contributed by atoms with Crippen LogP contribution in [0.5, 0.6) is 5.75 Å². The summed E-state index contributed by atoms with van der Waals surface area (Å²) in [4.78, 5) is 25.1. The zero-order valence-corrected chi connectivity index (χ0v) is 17.6. The molecule has 0 unspecified atom stereocenters. The molecule has 1 N–H and O–H groups in total. The Balaban J connectivity index is 1.85. The number of nitrogens with one attached hydrogen (secondary N) is 1. The zero-order valence-electron chi connectivity index (χ0n) is 16.0. The van der Waals surface area contributed by atoms with Gasteiger partial charge in [-0.1, -0.05) is 30.7 Å². The van der Waals surface area contributed by atoms with Gasteiger partial charge < -0.3 is 14.8 Å². The van der Waals surface area contributed by atoms with Crippen LogP contribution in [0.25, 0.3) is 11.1 Å². The van der Waals surface area contributed by atoms with E-state index in [1.165, 1.54) is 18.4 Å². The van der Waals surface area contributed by atoms with Gasteiger partial charge in [-0.3, -0.25) is 4.79 Å². The Hall–Kier alpha value is -2.83. The zero-order chi connectivity index (χ0) is 20.8. The summed E-state index contributed by atoms with van der Waals surface area (Å²) >= 11 is 7.22. The lowest BCUT2D eigenvalue weighted by Gasteiger charge is -2.09. The summed E-state index contributed by atoms with van der Waals surface area (Å²) < 4.78 is 10.5. The number of carbonyl (C=O) groups excluding carboxylic acids is 2. The number of halogens is 1. The predicted molar refractivity (Wildman–Crippen MR) is 116 cm³/mol. The Labute approximate surface area is 178 Å². The van der Waals surface area contributed by atoms with Crippen LogP contribution in [-0.4, -0.2) is 25.6 Å². The van der Waals surface area contributed by atoms with Gasteiger partial charge >= 0.3 is 5.97 Å². The number of carbonyl (C=O) groups is 2. The number of methoxy groups -OCH3 is 1. The number of ether oxygens (including phenoxy) is 2. The standard InChI is InChI=1S/C22H20ClNO4S/c1-3-12-28-17-10-6-15(7-11-17)20(25)24-21-19(22(26)27-2)18(13-29-21)14-4-8-16(23)9-5-14/h4-11,13H,3,12H2,1-2H3,(H,24,25). The van der Waals surface area contributed by atoms with Crippen molar-refractivity contribution in [1.82, 2.24) is 0 Å². The number of benzene rings is 2. The second kappa shape index (κ2) is 9.58. The highest BCUT2D eigenvalue weighted by atomic mass is 35.5. The lowest BCUT2D eigenvalue weighted by atomic mass is 10.0. The molecule has 150 valence electrons. The fourth-order valence-corrected chi connectivity index (χ4v) is 3.77. The molecule has 1 heterocycles. The summed E-state index contributed by atoms with van der Waals surface area (Å²) in [5.41, 5.74) is 2.27. The number of hydrogen-bond acceptors (Lipinski definition) is 5. The Morgan fingerprint density at radius 2 is 1.76 bits per heavy atom. The van der Waals surface area contributed by atoms with E-state index in [1.807, 2.05) is 24.4 Å². The highest BCUT2D eigenvalue weighted by molar-refractivity contribution is 7.15. The maximum Gasteiger partial charge on any atom is 0.341 e. The minimum absolute atomic E-state index is 0.316. The van der Waals surface area contributed by atoms with Crippen molar-refractivity contribution >= 4 is 39.8 Å². The lowest BCUT2D eigenvalue weighted by Crippen LogP contribution is -2.14. The Kier molecular flexibility index (Phi) is 6.90. The van der Waals surface area contributed by atoms with Crippen LogP contribution < -0.4 is 10.1 Å². The van der Waals surface area contributed by atoms with Crippen molar-refractivity contribution in [3.05, 3.63) is 70.1 Å². The van der Waals surface area contributed by atoms with E-state index in [1.54, 1.807) is 36.4 Å². The highest BCUT2D eigenvalue weighted by Crippen LogP contribution is 2.36. The summed E-state index contributed by atoms with van der Waals surface area (Å²) in [7, 11) is 1.31. The van der Waals surface area contributed by atoms with Gasteiger partial charge in [-0.25, -0.2) is 4.79 Å². The Morgan fingerprint density at radius 1 is 1.07 bits per heavy atom. The van der Waals surface area contributed by atoms with Gasteiger partial charge in [0.25, 0.3) is 5.91 Å². The number of amides is 1. The largest absolute Gasteiger partial charge is 0.494 e. The van der Waals surface area contributed by atoms with Gasteiger partial charge in [-0.15, -0.1) is 11.3 Å².